The minimum absolute atomic E-state index is 0.138. The zero-order valence-electron chi connectivity index (χ0n) is 17.0. The van der Waals surface area contributed by atoms with Gasteiger partial charge in [0.25, 0.3) is 0 Å². The van der Waals surface area contributed by atoms with Crippen LogP contribution in [0.15, 0.2) is 53.4 Å². The van der Waals surface area contributed by atoms with Crippen LogP contribution in [0.1, 0.15) is 33.3 Å². The lowest BCUT2D eigenvalue weighted by Gasteiger charge is -2.31. The molecule has 1 atom stereocenters. The number of carbonyl (C=O) groups excluding carboxylic acids is 2. The van der Waals surface area contributed by atoms with Gasteiger partial charge in [0.05, 0.1) is 5.75 Å². The van der Waals surface area contributed by atoms with Gasteiger partial charge in [0, 0.05) is 27.0 Å². The van der Waals surface area contributed by atoms with Crippen molar-refractivity contribution in [3.63, 3.8) is 0 Å². The Balaban J connectivity index is 2.21. The molecular formula is C22H26Cl2N2O2S. The van der Waals surface area contributed by atoms with E-state index in [1.54, 1.807) is 30.0 Å². The van der Waals surface area contributed by atoms with Crippen molar-refractivity contribution in [3.8, 4) is 0 Å². The van der Waals surface area contributed by atoms with Crippen LogP contribution in [-0.2, 0) is 16.1 Å². The van der Waals surface area contributed by atoms with Crippen molar-refractivity contribution in [1.82, 2.24) is 10.2 Å². The third-order valence-electron chi connectivity index (χ3n) is 4.13. The Morgan fingerprint density at radius 3 is 2.34 bits per heavy atom. The molecule has 0 aliphatic carbocycles. The Kier molecular flexibility index (Phi) is 8.44. The Morgan fingerprint density at radius 2 is 1.76 bits per heavy atom. The lowest BCUT2D eigenvalue weighted by atomic mass is 10.1. The SMILES string of the molecule is C[C@@H](C(=O)NC(C)(C)C)N(Cc1ccc(Cl)cc1Cl)C(=O)CSc1ccccc1. The third-order valence-corrected chi connectivity index (χ3v) is 5.71. The molecule has 2 aromatic carbocycles. The van der Waals surface area contributed by atoms with E-state index < -0.39 is 11.6 Å². The highest BCUT2D eigenvalue weighted by Gasteiger charge is 2.28. The largest absolute Gasteiger partial charge is 0.350 e. The predicted octanol–water partition coefficient (Wildman–Crippen LogP) is 5.42. The molecule has 0 bridgehead atoms. The monoisotopic (exact) mass is 452 g/mol. The second-order valence-electron chi connectivity index (χ2n) is 7.77. The van der Waals surface area contributed by atoms with Gasteiger partial charge in [-0.3, -0.25) is 9.59 Å². The number of thioether (sulfide) groups is 1. The minimum atomic E-state index is -0.648. The quantitative estimate of drug-likeness (QED) is 0.570. The summed E-state index contributed by atoms with van der Waals surface area (Å²) in [6, 6.07) is 14.2. The minimum Gasteiger partial charge on any atom is -0.350 e. The highest BCUT2D eigenvalue weighted by Crippen LogP contribution is 2.24. The van der Waals surface area contributed by atoms with Gasteiger partial charge in [-0.1, -0.05) is 47.5 Å². The van der Waals surface area contributed by atoms with Gasteiger partial charge >= 0.3 is 0 Å². The van der Waals surface area contributed by atoms with Crippen LogP contribution in [0.2, 0.25) is 10.0 Å². The summed E-state index contributed by atoms with van der Waals surface area (Å²) in [4.78, 5) is 28.4. The number of nitrogens with zero attached hydrogens (tertiary/aromatic N) is 1. The first-order chi connectivity index (χ1) is 13.6. The zero-order valence-corrected chi connectivity index (χ0v) is 19.4. The van der Waals surface area contributed by atoms with Gasteiger partial charge < -0.3 is 10.2 Å². The molecule has 1 N–H and O–H groups in total. The van der Waals surface area contributed by atoms with Crippen LogP contribution in [0.5, 0.6) is 0 Å². The van der Waals surface area contributed by atoms with E-state index in [1.165, 1.54) is 11.8 Å². The Hall–Kier alpha value is -1.69. The topological polar surface area (TPSA) is 49.4 Å². The summed E-state index contributed by atoms with van der Waals surface area (Å²) >= 11 is 13.7. The van der Waals surface area contributed by atoms with Crippen LogP contribution in [0.4, 0.5) is 0 Å². The molecule has 29 heavy (non-hydrogen) atoms. The molecule has 2 amide bonds. The van der Waals surface area contributed by atoms with Gasteiger partial charge in [0.1, 0.15) is 6.04 Å². The normalized spacial score (nSPS) is 12.3. The summed E-state index contributed by atoms with van der Waals surface area (Å²) in [6.07, 6.45) is 0. The van der Waals surface area contributed by atoms with Gasteiger partial charge in [0.15, 0.2) is 0 Å². The highest BCUT2D eigenvalue weighted by molar-refractivity contribution is 8.00. The smallest absolute Gasteiger partial charge is 0.242 e. The molecule has 0 unspecified atom stereocenters. The maximum Gasteiger partial charge on any atom is 0.242 e. The maximum absolute atomic E-state index is 13.1. The fourth-order valence-corrected chi connectivity index (χ4v) is 3.91. The van der Waals surface area contributed by atoms with E-state index in [2.05, 4.69) is 5.32 Å². The van der Waals surface area contributed by atoms with E-state index in [0.717, 1.165) is 10.5 Å². The first kappa shape index (κ1) is 23.6. The molecule has 156 valence electrons. The molecule has 0 fully saturated rings. The third kappa shape index (κ3) is 7.57. The Morgan fingerprint density at radius 1 is 1.10 bits per heavy atom. The number of rotatable bonds is 7. The average Bonchev–Trinajstić information content (AvgIpc) is 2.64. The molecule has 4 nitrogen and oxygen atoms in total. The first-order valence-corrected chi connectivity index (χ1v) is 11.0. The second-order valence-corrected chi connectivity index (χ2v) is 9.67. The van der Waals surface area contributed by atoms with Crippen LogP contribution < -0.4 is 5.32 Å². The van der Waals surface area contributed by atoms with Gasteiger partial charge in [-0.2, -0.15) is 0 Å². The molecule has 0 heterocycles. The number of nitrogens with one attached hydrogen (secondary N) is 1. The molecule has 2 aromatic rings. The van der Waals surface area contributed by atoms with Crippen molar-refractivity contribution in [2.24, 2.45) is 0 Å². The van der Waals surface area contributed by atoms with Crippen LogP contribution >= 0.6 is 35.0 Å². The fraction of sp³-hybridized carbons (Fsp3) is 0.364. The molecule has 0 saturated heterocycles. The van der Waals surface area contributed by atoms with E-state index in [9.17, 15) is 9.59 Å². The number of carbonyl (C=O) groups is 2. The maximum atomic E-state index is 13.1. The van der Waals surface area contributed by atoms with Crippen LogP contribution in [-0.4, -0.2) is 34.0 Å². The van der Waals surface area contributed by atoms with E-state index in [0.29, 0.717) is 10.0 Å². The lowest BCUT2D eigenvalue weighted by molar-refractivity contribution is -0.139. The molecule has 0 spiro atoms. The van der Waals surface area contributed by atoms with Crippen molar-refractivity contribution in [2.75, 3.05) is 5.75 Å². The number of hydrogen-bond donors (Lipinski definition) is 1. The standard InChI is InChI=1S/C22H26Cl2N2O2S/c1-15(21(28)25-22(2,3)4)26(13-16-10-11-17(23)12-19(16)24)20(27)14-29-18-8-6-5-7-9-18/h5-12,15H,13-14H2,1-4H3,(H,25,28)/t15-/m0/s1. The van der Waals surface area contributed by atoms with E-state index in [4.69, 9.17) is 23.2 Å². The van der Waals surface area contributed by atoms with Crippen molar-refractivity contribution >= 4 is 46.8 Å². The van der Waals surface area contributed by atoms with Crippen molar-refractivity contribution in [2.45, 2.75) is 50.7 Å². The molecular weight excluding hydrogens is 427 g/mol. The Labute approximate surface area is 187 Å². The molecule has 0 radical (unpaired) electrons. The molecule has 0 saturated carbocycles. The summed E-state index contributed by atoms with van der Waals surface area (Å²) in [7, 11) is 0. The van der Waals surface area contributed by atoms with Crippen LogP contribution in [0, 0.1) is 0 Å². The number of benzene rings is 2. The second kappa shape index (κ2) is 10.4. The highest BCUT2D eigenvalue weighted by atomic mass is 35.5. The number of hydrogen-bond acceptors (Lipinski definition) is 3. The zero-order chi connectivity index (χ0) is 21.6. The Bertz CT molecular complexity index is 854. The van der Waals surface area contributed by atoms with E-state index in [-0.39, 0.29) is 24.1 Å². The fourth-order valence-electron chi connectivity index (χ4n) is 2.63. The van der Waals surface area contributed by atoms with Crippen molar-refractivity contribution in [3.05, 3.63) is 64.1 Å². The predicted molar refractivity (Wildman–Crippen MR) is 122 cm³/mol. The average molecular weight is 453 g/mol. The first-order valence-electron chi connectivity index (χ1n) is 9.30. The van der Waals surface area contributed by atoms with Crippen LogP contribution in [0.3, 0.4) is 0 Å². The molecule has 2 rings (SSSR count). The summed E-state index contributed by atoms with van der Waals surface area (Å²) < 4.78 is 0. The number of amides is 2. The van der Waals surface area contributed by atoms with Crippen molar-refractivity contribution < 1.29 is 9.59 Å². The van der Waals surface area contributed by atoms with Crippen molar-refractivity contribution in [1.29, 1.82) is 0 Å². The lowest BCUT2D eigenvalue weighted by Crippen LogP contribution is -2.52. The van der Waals surface area contributed by atoms with Gasteiger partial charge in [-0.15, -0.1) is 11.8 Å². The summed E-state index contributed by atoms with van der Waals surface area (Å²) in [6.45, 7) is 7.68. The van der Waals surface area contributed by atoms with E-state index in [1.807, 2.05) is 51.1 Å². The number of halogens is 2. The molecule has 0 aliphatic rings. The van der Waals surface area contributed by atoms with Gasteiger partial charge in [0.2, 0.25) is 11.8 Å². The summed E-state index contributed by atoms with van der Waals surface area (Å²) in [5, 5.41) is 3.93. The summed E-state index contributed by atoms with van der Waals surface area (Å²) in [5.74, 6) is -0.121. The van der Waals surface area contributed by atoms with Crippen LogP contribution in [0.25, 0.3) is 0 Å². The summed E-state index contributed by atoms with van der Waals surface area (Å²) in [5.41, 5.74) is 0.348. The molecule has 0 aliphatic heterocycles. The molecule has 0 aromatic heterocycles. The molecule has 7 heteroatoms. The van der Waals surface area contributed by atoms with Gasteiger partial charge in [-0.25, -0.2) is 0 Å². The van der Waals surface area contributed by atoms with Gasteiger partial charge in [-0.05, 0) is 57.5 Å². The van der Waals surface area contributed by atoms with E-state index >= 15 is 0 Å².